The molecule has 0 spiro atoms. The number of aryl methyl sites for hydroxylation is 1. The van der Waals surface area contributed by atoms with Crippen molar-refractivity contribution in [2.45, 2.75) is 63.6 Å². The Labute approximate surface area is 326 Å². The monoisotopic (exact) mass is 813 g/mol. The molecule has 2 atom stereocenters. The van der Waals surface area contributed by atoms with Gasteiger partial charge in [-0.15, -0.1) is 0 Å². The molecule has 2 amide bonds. The van der Waals surface area contributed by atoms with Gasteiger partial charge in [0, 0.05) is 35.7 Å². The molecule has 298 valence electrons. The number of aliphatic hydroxyl groups excluding tert-OH is 1. The minimum Gasteiger partial charge on any atom is -0.387 e. The molecule has 2 unspecified atom stereocenters. The highest BCUT2D eigenvalue weighted by Gasteiger charge is 2.41. The Balaban J connectivity index is 1.53. The number of hydrogen-bond acceptors (Lipinski definition) is 7. The van der Waals surface area contributed by atoms with Crippen LogP contribution in [0.1, 0.15) is 79.0 Å². The first-order chi connectivity index (χ1) is 26.8. The molecule has 1 aliphatic carbocycles. The third kappa shape index (κ3) is 8.98. The molecule has 5 aromatic rings. The van der Waals surface area contributed by atoms with Crippen LogP contribution in [0.15, 0.2) is 54.6 Å². The molecule has 1 saturated carbocycles. The Kier molecular flexibility index (Phi) is 11.5. The summed E-state index contributed by atoms with van der Waals surface area (Å²) in [5.74, 6) is 0.974. The van der Waals surface area contributed by atoms with Gasteiger partial charge in [0.2, 0.25) is 5.91 Å². The highest BCUT2D eigenvalue weighted by atomic mass is 35.5. The van der Waals surface area contributed by atoms with Crippen LogP contribution in [0.25, 0.3) is 22.0 Å². The maximum Gasteiger partial charge on any atom is 0.282 e. The lowest BCUT2D eigenvalue weighted by Crippen LogP contribution is -2.34. The zero-order valence-corrected chi connectivity index (χ0v) is 31.2. The minimum absolute atomic E-state index is 0.00651. The van der Waals surface area contributed by atoms with E-state index < -0.39 is 78.4 Å². The number of aliphatic hydroxyl groups is 2. The number of halogens is 7. The summed E-state index contributed by atoms with van der Waals surface area (Å²) in [5, 5.41) is 33.3. The second kappa shape index (κ2) is 16.0. The lowest BCUT2D eigenvalue weighted by Gasteiger charge is -2.23. The number of aromatic nitrogens is 5. The smallest absolute Gasteiger partial charge is 0.282 e. The van der Waals surface area contributed by atoms with Crippen LogP contribution in [0, 0.1) is 23.5 Å². The minimum atomic E-state index is -3.29. The Hall–Kier alpha value is -5.70. The number of pyridine rings is 1. The molecule has 11 nitrogen and oxygen atoms in total. The molecule has 6 rings (SSSR count). The van der Waals surface area contributed by atoms with Crippen LogP contribution < -0.4 is 10.6 Å². The van der Waals surface area contributed by atoms with E-state index in [0.29, 0.717) is 27.4 Å². The zero-order chi connectivity index (χ0) is 41.5. The van der Waals surface area contributed by atoms with Gasteiger partial charge >= 0.3 is 0 Å². The first-order valence-electron chi connectivity index (χ1n) is 17.3. The summed E-state index contributed by atoms with van der Waals surface area (Å²) >= 11 is 6.59. The molecule has 0 aliphatic heterocycles. The van der Waals surface area contributed by atoms with E-state index in [1.165, 1.54) is 30.7 Å². The number of carbonyl (C=O) groups is 2. The van der Waals surface area contributed by atoms with Gasteiger partial charge in [0.05, 0.1) is 27.7 Å². The fourth-order valence-electron chi connectivity index (χ4n) is 6.55. The highest BCUT2D eigenvalue weighted by molar-refractivity contribution is 6.37. The highest BCUT2D eigenvalue weighted by Crippen LogP contribution is 2.51. The summed E-state index contributed by atoms with van der Waals surface area (Å²) in [6.07, 6.45) is -6.66. The number of benzene rings is 2. The van der Waals surface area contributed by atoms with Crippen molar-refractivity contribution in [3.8, 4) is 23.0 Å². The van der Waals surface area contributed by atoms with Gasteiger partial charge in [-0.3, -0.25) is 19.0 Å². The van der Waals surface area contributed by atoms with E-state index in [1.807, 2.05) is 0 Å². The number of hydrogen-bond donors (Lipinski definition) is 4. The van der Waals surface area contributed by atoms with Crippen molar-refractivity contribution < 1.29 is 46.1 Å². The first kappa shape index (κ1) is 40.9. The Morgan fingerprint density at radius 2 is 1.68 bits per heavy atom. The topological polar surface area (TPSA) is 147 Å². The summed E-state index contributed by atoms with van der Waals surface area (Å²) in [6, 6.07) is 7.50. The molecule has 57 heavy (non-hydrogen) atoms. The number of nitrogens with one attached hydrogen (secondary N) is 2. The quantitative estimate of drug-likeness (QED) is 0.0614. The standard InChI is InChI=1S/C39H34ClF6N7O4/c1-18-11-25(18)30-33(36(43)44)50-53(35(30)37(45)46)16-28(55)48-27(14-19-12-20(41)15-21(42)13-19)32-23(6-5-22(47-32)9-10-39(2,3)57)24-7-8-26(40)31-34(24)52(4)51-38(31)49-29(56)17-54/h5-8,12-13,15,25,27,36-37,54,57H,1,11,14,16-17H2,2-4H3,(H,48,55)(H,49,51,56). The van der Waals surface area contributed by atoms with Gasteiger partial charge in [-0.1, -0.05) is 35.7 Å². The molecular weight excluding hydrogens is 780 g/mol. The Bertz CT molecular complexity index is 2460. The van der Waals surface area contributed by atoms with Crippen LogP contribution in [0.4, 0.5) is 32.2 Å². The zero-order valence-electron chi connectivity index (χ0n) is 30.5. The van der Waals surface area contributed by atoms with Gasteiger partial charge in [0.25, 0.3) is 18.8 Å². The molecule has 3 heterocycles. The Morgan fingerprint density at radius 3 is 2.28 bits per heavy atom. The van der Waals surface area contributed by atoms with Gasteiger partial charge in [-0.05, 0) is 68.5 Å². The van der Waals surface area contributed by atoms with Gasteiger partial charge < -0.3 is 20.8 Å². The number of alkyl halides is 4. The number of fused-ring (bicyclic) bond motifs is 1. The second-order valence-corrected chi connectivity index (χ2v) is 14.3. The van der Waals surface area contributed by atoms with E-state index in [0.717, 1.165) is 12.1 Å². The van der Waals surface area contributed by atoms with E-state index in [1.54, 1.807) is 19.2 Å². The molecule has 18 heteroatoms. The van der Waals surface area contributed by atoms with E-state index in [4.69, 9.17) is 16.6 Å². The van der Waals surface area contributed by atoms with Crippen LogP contribution in [0.2, 0.25) is 5.02 Å². The number of carbonyl (C=O) groups excluding carboxylic acids is 2. The molecule has 0 saturated heterocycles. The predicted octanol–water partition coefficient (Wildman–Crippen LogP) is 6.84. The third-order valence-electron chi connectivity index (χ3n) is 8.99. The molecule has 4 N–H and O–H groups in total. The third-order valence-corrected chi connectivity index (χ3v) is 9.31. The lowest BCUT2D eigenvalue weighted by atomic mass is 9.93. The summed E-state index contributed by atoms with van der Waals surface area (Å²) < 4.78 is 88.2. The molecular formula is C39H34ClF6N7O4. The number of amides is 2. The summed E-state index contributed by atoms with van der Waals surface area (Å²) in [5.41, 5.74) is -2.02. The second-order valence-electron chi connectivity index (χ2n) is 13.9. The van der Waals surface area contributed by atoms with Gasteiger partial charge in [-0.25, -0.2) is 31.3 Å². The molecule has 1 fully saturated rings. The maximum atomic E-state index is 14.5. The molecule has 2 aromatic carbocycles. The first-order valence-corrected chi connectivity index (χ1v) is 17.6. The van der Waals surface area contributed by atoms with E-state index in [9.17, 15) is 46.1 Å². The number of nitrogens with zero attached hydrogens (tertiary/aromatic N) is 5. The average molecular weight is 814 g/mol. The lowest BCUT2D eigenvalue weighted by molar-refractivity contribution is -0.122. The normalized spacial score (nSPS) is 14.6. The van der Waals surface area contributed by atoms with Crippen molar-refractivity contribution in [1.82, 2.24) is 29.9 Å². The van der Waals surface area contributed by atoms with Crippen LogP contribution in [0.3, 0.4) is 0 Å². The number of rotatable bonds is 12. The number of allylic oxidation sites excluding steroid dienone is 1. The summed E-state index contributed by atoms with van der Waals surface area (Å²) in [7, 11) is 1.55. The largest absolute Gasteiger partial charge is 0.387 e. The van der Waals surface area contributed by atoms with Crippen molar-refractivity contribution in [1.29, 1.82) is 0 Å². The van der Waals surface area contributed by atoms with Crippen LogP contribution >= 0.6 is 11.6 Å². The average Bonchev–Trinajstić information content (AvgIpc) is 3.57. The maximum absolute atomic E-state index is 14.5. The van der Waals surface area contributed by atoms with Crippen molar-refractivity contribution >= 4 is 40.1 Å². The van der Waals surface area contributed by atoms with E-state index in [-0.39, 0.29) is 57.1 Å². The molecule has 0 radical (unpaired) electrons. The fourth-order valence-corrected chi connectivity index (χ4v) is 6.79. The molecule has 3 aromatic heterocycles. The number of anilines is 1. The van der Waals surface area contributed by atoms with Gasteiger partial charge in [0.15, 0.2) is 5.82 Å². The van der Waals surface area contributed by atoms with Crippen LogP contribution in [-0.4, -0.2) is 58.8 Å². The Morgan fingerprint density at radius 1 is 1.02 bits per heavy atom. The van der Waals surface area contributed by atoms with Crippen molar-refractivity contribution in [3.63, 3.8) is 0 Å². The van der Waals surface area contributed by atoms with Crippen molar-refractivity contribution in [2.24, 2.45) is 7.05 Å². The van der Waals surface area contributed by atoms with Crippen LogP contribution in [0.5, 0.6) is 0 Å². The van der Waals surface area contributed by atoms with Crippen molar-refractivity contribution in [2.75, 3.05) is 11.9 Å². The predicted molar refractivity (Wildman–Crippen MR) is 197 cm³/mol. The van der Waals surface area contributed by atoms with E-state index in [2.05, 4.69) is 39.3 Å². The SMILES string of the molecule is C=C1CC1c1c(C(F)F)nn(CC(=O)NC(Cc2cc(F)cc(F)c2)c2nc(C#CC(C)(C)O)ccc2-c2ccc(Cl)c3c(NC(=O)CO)nn(C)c23)c1C(F)F. The summed E-state index contributed by atoms with van der Waals surface area (Å²) in [4.78, 5) is 30.8. The van der Waals surface area contributed by atoms with Crippen molar-refractivity contribution in [3.05, 3.63) is 105 Å². The fraction of sp³-hybridized carbons (Fsp3) is 0.308. The van der Waals surface area contributed by atoms with Gasteiger partial charge in [0.1, 0.15) is 47.5 Å². The van der Waals surface area contributed by atoms with Crippen LogP contribution in [-0.2, 0) is 29.6 Å². The molecule has 0 bridgehead atoms. The molecule has 1 aliphatic rings. The summed E-state index contributed by atoms with van der Waals surface area (Å²) in [6.45, 7) is 4.76. The van der Waals surface area contributed by atoms with Gasteiger partial charge in [-0.2, -0.15) is 10.2 Å². The van der Waals surface area contributed by atoms with E-state index >= 15 is 0 Å².